The van der Waals surface area contributed by atoms with E-state index in [4.69, 9.17) is 9.68 Å². The lowest BCUT2D eigenvalue weighted by atomic mass is 10.0. The van der Waals surface area contributed by atoms with Crippen LogP contribution in [0.25, 0.3) is 11.1 Å². The molecule has 0 bridgehead atoms. The summed E-state index contributed by atoms with van der Waals surface area (Å²) in [6, 6.07) is 15.9. The predicted molar refractivity (Wildman–Crippen MR) is 97.8 cm³/mol. The van der Waals surface area contributed by atoms with E-state index in [1.165, 1.54) is 10.6 Å². The number of nitrogens with zero attached hydrogens (tertiary/aromatic N) is 6. The highest BCUT2D eigenvalue weighted by Crippen LogP contribution is 2.37. The maximum absolute atomic E-state index is 5.29. The first-order chi connectivity index (χ1) is 12.8. The fraction of sp³-hybridized carbons (Fsp3) is 0.125. The minimum Gasteiger partial charge on any atom is -0.263 e. The zero-order valence-corrected chi connectivity index (χ0v) is 14.3. The van der Waals surface area contributed by atoms with Crippen molar-refractivity contribution in [2.75, 3.05) is 24.2 Å². The summed E-state index contributed by atoms with van der Waals surface area (Å²) in [5, 5.41) is 14.5. The minimum absolute atomic E-state index is 0.892. The van der Waals surface area contributed by atoms with E-state index in [2.05, 4.69) is 21.3 Å². The van der Waals surface area contributed by atoms with Gasteiger partial charge in [-0.1, -0.05) is 36.4 Å². The number of nitrogens with one attached hydrogen (secondary N) is 2. The molecule has 134 valence electrons. The average Bonchev–Trinajstić information content (AvgIpc) is 3.36. The molecule has 0 aromatic heterocycles. The van der Waals surface area contributed by atoms with Crippen LogP contribution in [0, 0.1) is 0 Å². The van der Waals surface area contributed by atoms with Gasteiger partial charge in [-0.3, -0.25) is 9.68 Å². The molecule has 26 heavy (non-hydrogen) atoms. The second-order valence-corrected chi connectivity index (χ2v) is 5.32. The van der Waals surface area contributed by atoms with Crippen LogP contribution < -0.4 is 21.1 Å². The van der Waals surface area contributed by atoms with Crippen molar-refractivity contribution in [2.45, 2.75) is 0 Å². The molecule has 0 aliphatic carbocycles. The maximum Gasteiger partial charge on any atom is 0.136 e. The van der Waals surface area contributed by atoms with Crippen molar-refractivity contribution in [3.05, 3.63) is 48.5 Å². The third kappa shape index (κ3) is 2.72. The lowest BCUT2D eigenvalue weighted by molar-refractivity contribution is -0.160. The molecule has 2 aliphatic heterocycles. The van der Waals surface area contributed by atoms with E-state index in [1.54, 1.807) is 36.9 Å². The Bertz CT molecular complexity index is 773. The number of rotatable bonds is 5. The standard InChI is InChI=1S/C16H18N8O2/c1-25-23-19-17-11-21(23)15-9-5-3-7-13(15)14-8-4-6-10-16(14)22-12-18-20-24(22)26-2/h3-12,19-20H,1-2H3. The Balaban J connectivity index is 1.80. The molecule has 2 N–H and O–H groups in total. The molecule has 2 aliphatic rings. The third-order valence-corrected chi connectivity index (χ3v) is 3.95. The quantitative estimate of drug-likeness (QED) is 0.835. The Morgan fingerprint density at radius 1 is 0.692 bits per heavy atom. The zero-order chi connectivity index (χ0) is 17.9. The molecule has 10 heteroatoms. The number of para-hydroxylation sites is 2. The molecular weight excluding hydrogens is 336 g/mol. The Morgan fingerprint density at radius 3 is 1.54 bits per heavy atom. The van der Waals surface area contributed by atoms with Gasteiger partial charge in [0.2, 0.25) is 0 Å². The van der Waals surface area contributed by atoms with Gasteiger partial charge >= 0.3 is 0 Å². The van der Waals surface area contributed by atoms with Gasteiger partial charge in [0.05, 0.1) is 25.6 Å². The molecule has 0 radical (unpaired) electrons. The number of anilines is 2. The molecule has 0 atom stereocenters. The Kier molecular flexibility index (Phi) is 4.37. The molecule has 0 amide bonds. The Labute approximate surface area is 150 Å². The van der Waals surface area contributed by atoms with Gasteiger partial charge in [-0.15, -0.1) is 10.2 Å². The first kappa shape index (κ1) is 16.3. The van der Waals surface area contributed by atoms with E-state index >= 15 is 0 Å². The lowest BCUT2D eigenvalue weighted by Crippen LogP contribution is -2.43. The second kappa shape index (κ2) is 6.98. The van der Waals surface area contributed by atoms with Crippen LogP contribution in [0.15, 0.2) is 58.7 Å². The summed E-state index contributed by atoms with van der Waals surface area (Å²) in [4.78, 5) is 10.6. The van der Waals surface area contributed by atoms with Crippen molar-refractivity contribution >= 4 is 24.1 Å². The van der Waals surface area contributed by atoms with Crippen LogP contribution in [-0.4, -0.2) is 37.5 Å². The van der Waals surface area contributed by atoms with Crippen LogP contribution in [0.4, 0.5) is 11.4 Å². The van der Waals surface area contributed by atoms with Crippen LogP contribution in [0.3, 0.4) is 0 Å². The van der Waals surface area contributed by atoms with Crippen LogP contribution >= 0.6 is 0 Å². The fourth-order valence-electron chi connectivity index (χ4n) is 2.83. The molecule has 0 spiro atoms. The summed E-state index contributed by atoms with van der Waals surface area (Å²) < 4.78 is 0. The van der Waals surface area contributed by atoms with Gasteiger partial charge in [-0.25, -0.2) is 10.0 Å². The topological polar surface area (TPSA) is 80.2 Å². The van der Waals surface area contributed by atoms with Gasteiger partial charge in [0.1, 0.15) is 12.7 Å². The highest BCUT2D eigenvalue weighted by molar-refractivity contribution is 5.95. The maximum atomic E-state index is 5.29. The molecule has 0 saturated carbocycles. The van der Waals surface area contributed by atoms with Crippen LogP contribution in [-0.2, 0) is 9.68 Å². The summed E-state index contributed by atoms with van der Waals surface area (Å²) in [6.07, 6.45) is 3.29. The van der Waals surface area contributed by atoms with Gasteiger partial charge in [0, 0.05) is 21.7 Å². The number of hydrazine groups is 4. The SMILES string of the molecule is CON1NN=CN1c1ccccc1-c1ccccc1N1C=NNN1OC. The molecule has 0 saturated heterocycles. The van der Waals surface area contributed by atoms with Gasteiger partial charge in [0.15, 0.2) is 0 Å². The summed E-state index contributed by atoms with van der Waals surface area (Å²) in [6.45, 7) is 0. The molecule has 0 fully saturated rings. The van der Waals surface area contributed by atoms with Crippen molar-refractivity contribution < 1.29 is 9.68 Å². The van der Waals surface area contributed by atoms with Crippen molar-refractivity contribution in [1.82, 2.24) is 21.6 Å². The second-order valence-electron chi connectivity index (χ2n) is 5.32. The number of hydrazone groups is 2. The van der Waals surface area contributed by atoms with Crippen molar-refractivity contribution in [3.8, 4) is 11.1 Å². The molecule has 4 rings (SSSR count). The molecule has 2 aromatic carbocycles. The summed E-state index contributed by atoms with van der Waals surface area (Å²) in [5.74, 6) is 0. The fourth-order valence-corrected chi connectivity index (χ4v) is 2.83. The third-order valence-electron chi connectivity index (χ3n) is 3.95. The smallest absolute Gasteiger partial charge is 0.136 e. The van der Waals surface area contributed by atoms with E-state index in [-0.39, 0.29) is 0 Å². The van der Waals surface area contributed by atoms with Gasteiger partial charge in [0.25, 0.3) is 0 Å². The van der Waals surface area contributed by atoms with E-state index in [9.17, 15) is 0 Å². The van der Waals surface area contributed by atoms with E-state index in [1.807, 2.05) is 48.5 Å². The average molecular weight is 354 g/mol. The Hall–Kier alpha value is -3.18. The van der Waals surface area contributed by atoms with Crippen LogP contribution in [0.5, 0.6) is 0 Å². The zero-order valence-electron chi connectivity index (χ0n) is 14.3. The van der Waals surface area contributed by atoms with Gasteiger partial charge in [-0.2, -0.15) is 11.1 Å². The summed E-state index contributed by atoms with van der Waals surface area (Å²) in [5.41, 5.74) is 9.26. The number of hydrogen-bond acceptors (Lipinski definition) is 10. The van der Waals surface area contributed by atoms with Crippen molar-refractivity contribution in [3.63, 3.8) is 0 Å². The van der Waals surface area contributed by atoms with E-state index in [0.717, 1.165) is 22.5 Å². The van der Waals surface area contributed by atoms with Gasteiger partial charge in [-0.05, 0) is 12.1 Å². The lowest BCUT2D eigenvalue weighted by Gasteiger charge is -2.28. The van der Waals surface area contributed by atoms with E-state index in [0.29, 0.717) is 0 Å². The van der Waals surface area contributed by atoms with Gasteiger partial charge < -0.3 is 0 Å². The highest BCUT2D eigenvalue weighted by Gasteiger charge is 2.26. The monoisotopic (exact) mass is 354 g/mol. The molecule has 2 heterocycles. The largest absolute Gasteiger partial charge is 0.263 e. The van der Waals surface area contributed by atoms with E-state index < -0.39 is 0 Å². The first-order valence-electron chi connectivity index (χ1n) is 7.86. The Morgan fingerprint density at radius 2 is 1.12 bits per heavy atom. The van der Waals surface area contributed by atoms with Crippen LogP contribution in [0.2, 0.25) is 0 Å². The van der Waals surface area contributed by atoms with Crippen molar-refractivity contribution in [1.29, 1.82) is 0 Å². The number of benzene rings is 2. The normalized spacial score (nSPS) is 17.0. The number of hydrogen-bond donors (Lipinski definition) is 2. The van der Waals surface area contributed by atoms with Crippen LogP contribution in [0.1, 0.15) is 0 Å². The molecular formula is C16H18N8O2. The highest BCUT2D eigenvalue weighted by atomic mass is 16.8. The molecule has 10 nitrogen and oxygen atoms in total. The molecule has 2 aromatic rings. The molecule has 0 unspecified atom stereocenters. The predicted octanol–water partition coefficient (Wildman–Crippen LogP) is 1.45. The van der Waals surface area contributed by atoms with Crippen molar-refractivity contribution in [2.24, 2.45) is 10.2 Å². The summed E-state index contributed by atoms with van der Waals surface area (Å²) in [7, 11) is 3.13. The minimum atomic E-state index is 0.892. The first-order valence-corrected chi connectivity index (χ1v) is 7.86. The summed E-state index contributed by atoms with van der Waals surface area (Å²) >= 11 is 0.